The smallest absolute Gasteiger partial charge is 0.192 e. The minimum Gasteiger partial charge on any atom is -0.361 e. The molecule has 23 heavy (non-hydrogen) atoms. The summed E-state index contributed by atoms with van der Waals surface area (Å²) in [6, 6.07) is 9.47. The number of aromatic nitrogens is 4. The van der Waals surface area contributed by atoms with E-state index < -0.39 is 0 Å². The Labute approximate surface area is 143 Å². The number of allylic oxidation sites excluding steroid dienone is 1. The normalized spacial score (nSPS) is 10.9. The Hall–Kier alpha value is -2.05. The molecule has 7 heteroatoms. The number of aryl methyl sites for hydroxylation is 1. The summed E-state index contributed by atoms with van der Waals surface area (Å²) in [6.07, 6.45) is 1.83. The van der Waals surface area contributed by atoms with Crippen molar-refractivity contribution in [2.45, 2.75) is 24.4 Å². The Bertz CT molecular complexity index is 810. The lowest BCUT2D eigenvalue weighted by Gasteiger charge is -2.07. The minimum atomic E-state index is 0.630. The lowest BCUT2D eigenvalue weighted by atomic mass is 10.2. The van der Waals surface area contributed by atoms with Gasteiger partial charge in [-0.05, 0) is 31.2 Å². The van der Waals surface area contributed by atoms with Crippen molar-refractivity contribution >= 4 is 23.4 Å². The van der Waals surface area contributed by atoms with E-state index in [-0.39, 0.29) is 0 Å². The van der Waals surface area contributed by atoms with Gasteiger partial charge < -0.3 is 4.52 Å². The monoisotopic (exact) mass is 346 g/mol. The van der Waals surface area contributed by atoms with Gasteiger partial charge in [-0.1, -0.05) is 34.6 Å². The molecule has 0 amide bonds. The van der Waals surface area contributed by atoms with Gasteiger partial charge in [-0.25, -0.2) is 0 Å². The van der Waals surface area contributed by atoms with E-state index in [1.165, 1.54) is 0 Å². The zero-order valence-electron chi connectivity index (χ0n) is 12.6. The Morgan fingerprint density at radius 1 is 1.30 bits per heavy atom. The van der Waals surface area contributed by atoms with Crippen LogP contribution >= 0.6 is 23.4 Å². The first-order valence-electron chi connectivity index (χ1n) is 7.02. The Morgan fingerprint density at radius 2 is 2.09 bits per heavy atom. The first kappa shape index (κ1) is 15.8. The van der Waals surface area contributed by atoms with E-state index >= 15 is 0 Å². The summed E-state index contributed by atoms with van der Waals surface area (Å²) in [4.78, 5) is 0. The van der Waals surface area contributed by atoms with E-state index in [4.69, 9.17) is 16.1 Å². The molecule has 0 atom stereocenters. The minimum absolute atomic E-state index is 0.630. The molecule has 3 rings (SSSR count). The Balaban J connectivity index is 1.85. The summed E-state index contributed by atoms with van der Waals surface area (Å²) in [6.45, 7) is 6.32. The Morgan fingerprint density at radius 3 is 2.74 bits per heavy atom. The summed E-state index contributed by atoms with van der Waals surface area (Å²) in [7, 11) is 0. The van der Waals surface area contributed by atoms with E-state index in [1.807, 2.05) is 47.9 Å². The molecule has 1 aromatic carbocycles. The maximum absolute atomic E-state index is 5.95. The highest BCUT2D eigenvalue weighted by molar-refractivity contribution is 7.98. The number of hydrogen-bond donors (Lipinski definition) is 0. The van der Waals surface area contributed by atoms with Crippen molar-refractivity contribution in [3.05, 3.63) is 59.5 Å². The average molecular weight is 347 g/mol. The van der Waals surface area contributed by atoms with E-state index in [2.05, 4.69) is 21.9 Å². The molecule has 0 bridgehead atoms. The third-order valence-corrected chi connectivity index (χ3v) is 4.41. The summed E-state index contributed by atoms with van der Waals surface area (Å²) >= 11 is 7.51. The van der Waals surface area contributed by atoms with Crippen LogP contribution in [0.5, 0.6) is 0 Å². The van der Waals surface area contributed by atoms with Crippen LogP contribution in [0.4, 0.5) is 0 Å². The van der Waals surface area contributed by atoms with Gasteiger partial charge in [-0.15, -0.1) is 16.8 Å². The number of hydrogen-bond acceptors (Lipinski definition) is 5. The highest BCUT2D eigenvalue weighted by Gasteiger charge is 2.14. The van der Waals surface area contributed by atoms with Crippen LogP contribution < -0.4 is 0 Å². The molecule has 0 saturated heterocycles. The van der Waals surface area contributed by atoms with E-state index in [0.29, 0.717) is 17.3 Å². The lowest BCUT2D eigenvalue weighted by molar-refractivity contribution is 0.393. The van der Waals surface area contributed by atoms with Crippen LogP contribution in [-0.4, -0.2) is 19.9 Å². The second-order valence-corrected chi connectivity index (χ2v) is 6.31. The fraction of sp³-hybridized carbons (Fsp3) is 0.188. The predicted octanol–water partition coefficient (Wildman–Crippen LogP) is 4.37. The molecular weight excluding hydrogens is 332 g/mol. The molecule has 2 aromatic heterocycles. The van der Waals surface area contributed by atoms with Crippen LogP contribution in [0.3, 0.4) is 0 Å². The first-order chi connectivity index (χ1) is 11.2. The molecule has 0 spiro atoms. The van der Waals surface area contributed by atoms with E-state index in [1.54, 1.807) is 11.8 Å². The molecule has 0 saturated carbocycles. The lowest BCUT2D eigenvalue weighted by Crippen LogP contribution is -2.00. The highest BCUT2D eigenvalue weighted by Crippen LogP contribution is 2.27. The van der Waals surface area contributed by atoms with Crippen LogP contribution in [0.2, 0.25) is 5.02 Å². The van der Waals surface area contributed by atoms with Crippen molar-refractivity contribution in [3.8, 4) is 11.4 Å². The van der Waals surface area contributed by atoms with Gasteiger partial charge in [0.25, 0.3) is 0 Å². The largest absolute Gasteiger partial charge is 0.361 e. The summed E-state index contributed by atoms with van der Waals surface area (Å²) in [5.74, 6) is 2.27. The number of thioether (sulfide) groups is 1. The number of benzene rings is 1. The van der Waals surface area contributed by atoms with E-state index in [9.17, 15) is 0 Å². The van der Waals surface area contributed by atoms with Crippen LogP contribution in [-0.2, 0) is 12.3 Å². The fourth-order valence-corrected chi connectivity index (χ4v) is 3.08. The second kappa shape index (κ2) is 7.02. The molecule has 2 heterocycles. The zero-order valence-corrected chi connectivity index (χ0v) is 14.1. The van der Waals surface area contributed by atoms with Crippen molar-refractivity contribution < 1.29 is 4.52 Å². The van der Waals surface area contributed by atoms with Crippen molar-refractivity contribution in [1.82, 2.24) is 19.9 Å². The van der Waals surface area contributed by atoms with Gasteiger partial charge in [0.2, 0.25) is 0 Å². The van der Waals surface area contributed by atoms with Gasteiger partial charge in [-0.3, -0.25) is 4.57 Å². The fourth-order valence-electron chi connectivity index (χ4n) is 2.13. The maximum Gasteiger partial charge on any atom is 0.192 e. The molecule has 5 nitrogen and oxygen atoms in total. The summed E-state index contributed by atoms with van der Waals surface area (Å²) in [5.41, 5.74) is 1.85. The van der Waals surface area contributed by atoms with Crippen LogP contribution in [0.15, 0.2) is 52.7 Å². The molecule has 3 aromatic rings. The predicted molar refractivity (Wildman–Crippen MR) is 91.5 cm³/mol. The zero-order chi connectivity index (χ0) is 16.2. The van der Waals surface area contributed by atoms with E-state index in [0.717, 1.165) is 28.0 Å². The first-order valence-corrected chi connectivity index (χ1v) is 8.39. The topological polar surface area (TPSA) is 56.7 Å². The standard InChI is InChI=1S/C16H15ClN4OS/c1-3-8-21-15(12-4-6-13(17)7-5-12)18-19-16(21)23-10-14-9-11(2)22-20-14/h3-7,9H,1,8,10H2,2H3. The van der Waals surface area contributed by atoms with Gasteiger partial charge in [0, 0.05) is 29.0 Å². The molecule has 0 aliphatic carbocycles. The molecule has 0 fully saturated rings. The SMILES string of the molecule is C=CCn1c(SCc2cc(C)on2)nnc1-c1ccc(Cl)cc1. The van der Waals surface area contributed by atoms with Crippen LogP contribution in [0, 0.1) is 6.92 Å². The average Bonchev–Trinajstić information content (AvgIpc) is 3.13. The Kier molecular flexibility index (Phi) is 4.83. The van der Waals surface area contributed by atoms with Gasteiger partial charge in [0.1, 0.15) is 5.76 Å². The summed E-state index contributed by atoms with van der Waals surface area (Å²) in [5, 5.41) is 14.1. The molecule has 0 aliphatic rings. The molecule has 0 N–H and O–H groups in total. The second-order valence-electron chi connectivity index (χ2n) is 4.93. The quantitative estimate of drug-likeness (QED) is 0.490. The number of nitrogens with zero attached hydrogens (tertiary/aromatic N) is 4. The molecule has 0 aliphatic heterocycles. The molecule has 0 radical (unpaired) electrons. The van der Waals surface area contributed by atoms with Crippen molar-refractivity contribution in [3.63, 3.8) is 0 Å². The van der Waals surface area contributed by atoms with Gasteiger partial charge >= 0.3 is 0 Å². The van der Waals surface area contributed by atoms with Crippen LogP contribution in [0.25, 0.3) is 11.4 Å². The number of halogens is 1. The van der Waals surface area contributed by atoms with Crippen molar-refractivity contribution in [1.29, 1.82) is 0 Å². The number of rotatable bonds is 6. The van der Waals surface area contributed by atoms with Gasteiger partial charge in [-0.2, -0.15) is 0 Å². The van der Waals surface area contributed by atoms with Crippen molar-refractivity contribution in [2.24, 2.45) is 0 Å². The third-order valence-electron chi connectivity index (χ3n) is 3.16. The highest BCUT2D eigenvalue weighted by atomic mass is 35.5. The molecule has 0 unspecified atom stereocenters. The van der Waals surface area contributed by atoms with Crippen LogP contribution in [0.1, 0.15) is 11.5 Å². The maximum atomic E-state index is 5.95. The molecule has 118 valence electrons. The third kappa shape index (κ3) is 3.65. The molecular formula is C16H15ClN4OS. The summed E-state index contributed by atoms with van der Waals surface area (Å²) < 4.78 is 7.10. The van der Waals surface area contributed by atoms with Crippen molar-refractivity contribution in [2.75, 3.05) is 0 Å². The van der Waals surface area contributed by atoms with Gasteiger partial charge in [0.05, 0.1) is 5.69 Å². The van der Waals surface area contributed by atoms with Gasteiger partial charge in [0.15, 0.2) is 11.0 Å².